The molecule has 112 valence electrons. The maximum Gasteiger partial charge on any atom is 0.335 e. The largest absolute Gasteiger partial charge is 0.507 e. The molecule has 0 amide bonds. The van der Waals surface area contributed by atoms with Crippen molar-refractivity contribution in [3.63, 3.8) is 0 Å². The van der Waals surface area contributed by atoms with Gasteiger partial charge in [0.05, 0.1) is 5.56 Å². The zero-order chi connectivity index (χ0) is 15.7. The standard InChI is InChI=1S/C17H26O3/c1-7-16(3,4)12-9-11(15(19)20)10-13(14(12)18)17(5,6)8-2/h9-10,18H,7-8H2,1-6H3,(H,19,20). The number of benzene rings is 1. The zero-order valence-electron chi connectivity index (χ0n) is 13.4. The molecule has 0 aliphatic carbocycles. The van der Waals surface area contributed by atoms with E-state index < -0.39 is 5.97 Å². The summed E-state index contributed by atoms with van der Waals surface area (Å²) in [5, 5.41) is 20.0. The first-order valence-corrected chi connectivity index (χ1v) is 7.18. The molecule has 1 aromatic rings. The number of carbonyl (C=O) groups is 1. The van der Waals surface area contributed by atoms with Gasteiger partial charge in [-0.3, -0.25) is 0 Å². The number of aromatic carboxylic acids is 1. The first-order chi connectivity index (χ1) is 9.06. The first-order valence-electron chi connectivity index (χ1n) is 7.18. The summed E-state index contributed by atoms with van der Waals surface area (Å²) in [6.45, 7) is 12.2. The van der Waals surface area contributed by atoms with E-state index in [4.69, 9.17) is 0 Å². The quantitative estimate of drug-likeness (QED) is 0.835. The molecule has 1 aromatic carbocycles. The van der Waals surface area contributed by atoms with Crippen molar-refractivity contribution >= 4 is 5.97 Å². The molecule has 2 N–H and O–H groups in total. The number of hydrogen-bond donors (Lipinski definition) is 2. The molecular weight excluding hydrogens is 252 g/mol. The Bertz CT molecular complexity index is 476. The third kappa shape index (κ3) is 2.97. The fourth-order valence-corrected chi connectivity index (χ4v) is 2.17. The van der Waals surface area contributed by atoms with Crippen LogP contribution in [-0.2, 0) is 10.8 Å². The molecule has 0 fully saturated rings. The average molecular weight is 278 g/mol. The molecule has 0 radical (unpaired) electrons. The van der Waals surface area contributed by atoms with Crippen molar-refractivity contribution in [2.45, 2.75) is 65.2 Å². The number of aromatic hydroxyl groups is 1. The lowest BCUT2D eigenvalue weighted by Gasteiger charge is -2.31. The van der Waals surface area contributed by atoms with Crippen LogP contribution >= 0.6 is 0 Å². The molecule has 3 nitrogen and oxygen atoms in total. The topological polar surface area (TPSA) is 57.5 Å². The zero-order valence-corrected chi connectivity index (χ0v) is 13.4. The summed E-state index contributed by atoms with van der Waals surface area (Å²) in [6.07, 6.45) is 1.66. The van der Waals surface area contributed by atoms with Crippen LogP contribution in [0.3, 0.4) is 0 Å². The molecule has 20 heavy (non-hydrogen) atoms. The van der Waals surface area contributed by atoms with E-state index in [9.17, 15) is 15.0 Å². The van der Waals surface area contributed by atoms with Gasteiger partial charge in [0, 0.05) is 11.1 Å². The van der Waals surface area contributed by atoms with Gasteiger partial charge in [-0.05, 0) is 35.8 Å². The minimum atomic E-state index is -0.952. The van der Waals surface area contributed by atoms with E-state index in [0.29, 0.717) is 0 Å². The van der Waals surface area contributed by atoms with Gasteiger partial charge in [-0.1, -0.05) is 41.5 Å². The van der Waals surface area contributed by atoms with Crippen LogP contribution in [0.4, 0.5) is 0 Å². The van der Waals surface area contributed by atoms with E-state index in [0.717, 1.165) is 24.0 Å². The summed E-state index contributed by atoms with van der Waals surface area (Å²) >= 11 is 0. The second-order valence-electron chi connectivity index (χ2n) is 6.70. The van der Waals surface area contributed by atoms with Crippen LogP contribution in [0.5, 0.6) is 5.75 Å². The summed E-state index contributed by atoms with van der Waals surface area (Å²) in [7, 11) is 0. The molecular formula is C17H26O3. The average Bonchev–Trinajstić information content (AvgIpc) is 2.38. The van der Waals surface area contributed by atoms with Crippen LogP contribution in [0.2, 0.25) is 0 Å². The van der Waals surface area contributed by atoms with E-state index in [2.05, 4.69) is 0 Å². The Morgan fingerprint density at radius 1 is 1.00 bits per heavy atom. The molecule has 0 atom stereocenters. The van der Waals surface area contributed by atoms with Crippen molar-refractivity contribution in [1.82, 2.24) is 0 Å². The highest BCUT2D eigenvalue weighted by molar-refractivity contribution is 5.88. The number of carboxylic acids is 1. The van der Waals surface area contributed by atoms with E-state index in [-0.39, 0.29) is 22.1 Å². The highest BCUT2D eigenvalue weighted by Gasteiger charge is 2.30. The molecule has 0 spiro atoms. The summed E-state index contributed by atoms with van der Waals surface area (Å²) in [5.74, 6) is -0.708. The lowest BCUT2D eigenvalue weighted by Crippen LogP contribution is -2.22. The van der Waals surface area contributed by atoms with Crippen molar-refractivity contribution in [3.05, 3.63) is 28.8 Å². The van der Waals surface area contributed by atoms with Crippen molar-refractivity contribution in [1.29, 1.82) is 0 Å². The van der Waals surface area contributed by atoms with Crippen LogP contribution in [0.1, 0.15) is 75.9 Å². The third-order valence-corrected chi connectivity index (χ3v) is 4.58. The Labute approximate surface area is 121 Å². The molecule has 0 unspecified atom stereocenters. The second-order valence-corrected chi connectivity index (χ2v) is 6.70. The molecule has 3 heteroatoms. The van der Waals surface area contributed by atoms with E-state index in [1.165, 1.54) is 0 Å². The summed E-state index contributed by atoms with van der Waals surface area (Å²) in [5.41, 5.74) is 1.17. The minimum absolute atomic E-state index is 0.244. The number of phenols is 1. The highest BCUT2D eigenvalue weighted by Crippen LogP contribution is 2.42. The van der Waals surface area contributed by atoms with Crippen molar-refractivity contribution in [2.75, 3.05) is 0 Å². The lowest BCUT2D eigenvalue weighted by molar-refractivity contribution is 0.0696. The van der Waals surface area contributed by atoms with Crippen LogP contribution in [0.15, 0.2) is 12.1 Å². The number of rotatable bonds is 5. The Morgan fingerprint density at radius 2 is 1.35 bits per heavy atom. The third-order valence-electron chi connectivity index (χ3n) is 4.58. The van der Waals surface area contributed by atoms with E-state index >= 15 is 0 Å². The Morgan fingerprint density at radius 3 is 1.60 bits per heavy atom. The van der Waals surface area contributed by atoms with Gasteiger partial charge in [-0.25, -0.2) is 4.79 Å². The van der Waals surface area contributed by atoms with E-state index in [1.54, 1.807) is 12.1 Å². The predicted octanol–water partition coefficient (Wildman–Crippen LogP) is 4.47. The van der Waals surface area contributed by atoms with Crippen molar-refractivity contribution in [3.8, 4) is 5.75 Å². The Balaban J connectivity index is 3.66. The number of phenolic OH excluding ortho intramolecular Hbond substituents is 1. The SMILES string of the molecule is CCC(C)(C)c1cc(C(=O)O)cc(C(C)(C)CC)c1O. The lowest BCUT2D eigenvalue weighted by atomic mass is 9.75. The summed E-state index contributed by atoms with van der Waals surface area (Å²) < 4.78 is 0. The van der Waals surface area contributed by atoms with Gasteiger partial charge in [0.15, 0.2) is 0 Å². The van der Waals surface area contributed by atoms with Crippen LogP contribution in [0.25, 0.3) is 0 Å². The van der Waals surface area contributed by atoms with Gasteiger partial charge in [-0.15, -0.1) is 0 Å². The van der Waals surface area contributed by atoms with E-state index in [1.807, 2.05) is 41.5 Å². The minimum Gasteiger partial charge on any atom is -0.507 e. The fourth-order valence-electron chi connectivity index (χ4n) is 2.17. The number of hydrogen-bond acceptors (Lipinski definition) is 2. The van der Waals surface area contributed by atoms with Gasteiger partial charge in [-0.2, -0.15) is 0 Å². The maximum atomic E-state index is 11.4. The Hall–Kier alpha value is -1.51. The normalized spacial score (nSPS) is 12.5. The molecule has 0 aliphatic heterocycles. The highest BCUT2D eigenvalue weighted by atomic mass is 16.4. The van der Waals surface area contributed by atoms with Gasteiger partial charge < -0.3 is 10.2 Å². The predicted molar refractivity (Wildman–Crippen MR) is 81.7 cm³/mol. The van der Waals surface area contributed by atoms with Gasteiger partial charge >= 0.3 is 5.97 Å². The van der Waals surface area contributed by atoms with Crippen LogP contribution in [-0.4, -0.2) is 16.2 Å². The maximum absolute atomic E-state index is 11.4. The second kappa shape index (κ2) is 5.47. The number of carboxylic acid groups (broad SMARTS) is 1. The van der Waals surface area contributed by atoms with Crippen LogP contribution < -0.4 is 0 Å². The molecule has 0 aliphatic rings. The fraction of sp³-hybridized carbons (Fsp3) is 0.588. The summed E-state index contributed by atoms with van der Waals surface area (Å²) in [4.78, 5) is 11.4. The molecule has 0 saturated heterocycles. The molecule has 0 saturated carbocycles. The van der Waals surface area contributed by atoms with Gasteiger partial charge in [0.1, 0.15) is 5.75 Å². The molecule has 0 bridgehead atoms. The monoisotopic (exact) mass is 278 g/mol. The van der Waals surface area contributed by atoms with Gasteiger partial charge in [0.2, 0.25) is 0 Å². The molecule has 1 rings (SSSR count). The molecule has 0 heterocycles. The van der Waals surface area contributed by atoms with Crippen molar-refractivity contribution < 1.29 is 15.0 Å². The molecule has 0 aromatic heterocycles. The first kappa shape index (κ1) is 16.5. The smallest absolute Gasteiger partial charge is 0.335 e. The van der Waals surface area contributed by atoms with Gasteiger partial charge in [0.25, 0.3) is 0 Å². The Kier molecular flexibility index (Phi) is 4.52. The van der Waals surface area contributed by atoms with Crippen molar-refractivity contribution in [2.24, 2.45) is 0 Å². The summed E-state index contributed by atoms with van der Waals surface area (Å²) in [6, 6.07) is 3.22. The van der Waals surface area contributed by atoms with Crippen LogP contribution in [0, 0.1) is 0 Å².